The Labute approximate surface area is 105 Å². The second-order valence-corrected chi connectivity index (χ2v) is 4.59. The molecule has 1 aromatic rings. The Morgan fingerprint density at radius 2 is 1.78 bits per heavy atom. The lowest BCUT2D eigenvalue weighted by molar-refractivity contribution is -0.275. The molecule has 2 nitrogen and oxygen atoms in total. The number of halogens is 3. The van der Waals surface area contributed by atoms with Crippen LogP contribution in [0.2, 0.25) is 0 Å². The molecular weight excluding hydrogens is 243 g/mol. The first-order chi connectivity index (χ1) is 8.20. The van der Waals surface area contributed by atoms with Gasteiger partial charge in [-0.15, -0.1) is 13.2 Å². The minimum atomic E-state index is -4.71. The maximum atomic E-state index is 12.4. The highest BCUT2D eigenvalue weighted by Gasteiger charge is 2.37. The smallest absolute Gasteiger partial charge is 0.405 e. The third kappa shape index (κ3) is 3.16. The van der Waals surface area contributed by atoms with Crippen LogP contribution < -0.4 is 10.5 Å². The monoisotopic (exact) mass is 261 g/mol. The van der Waals surface area contributed by atoms with E-state index in [0.717, 1.165) is 0 Å². The molecule has 1 aromatic carbocycles. The van der Waals surface area contributed by atoms with Gasteiger partial charge >= 0.3 is 6.36 Å². The summed E-state index contributed by atoms with van der Waals surface area (Å²) < 4.78 is 41.1. The maximum Gasteiger partial charge on any atom is 0.573 e. The van der Waals surface area contributed by atoms with Crippen molar-refractivity contribution in [3.05, 3.63) is 29.8 Å². The van der Waals surface area contributed by atoms with E-state index < -0.39 is 11.9 Å². The van der Waals surface area contributed by atoms with Crippen molar-refractivity contribution in [1.82, 2.24) is 0 Å². The zero-order chi connectivity index (χ0) is 14.0. The van der Waals surface area contributed by atoms with Crippen LogP contribution in [-0.4, -0.2) is 6.36 Å². The van der Waals surface area contributed by atoms with Crippen LogP contribution >= 0.6 is 0 Å². The fourth-order valence-electron chi connectivity index (χ4n) is 1.97. The van der Waals surface area contributed by atoms with Crippen molar-refractivity contribution in [2.75, 3.05) is 0 Å². The van der Waals surface area contributed by atoms with Crippen LogP contribution in [0.3, 0.4) is 0 Å². The molecule has 1 unspecified atom stereocenters. The zero-order valence-electron chi connectivity index (χ0n) is 10.7. The maximum absolute atomic E-state index is 12.4. The summed E-state index contributed by atoms with van der Waals surface area (Å²) in [6.07, 6.45) is -4.18. The van der Waals surface area contributed by atoms with E-state index in [-0.39, 0.29) is 11.7 Å². The first kappa shape index (κ1) is 14.8. The Balaban J connectivity index is 3.24. The molecule has 0 spiro atoms. The van der Waals surface area contributed by atoms with Gasteiger partial charge in [-0.1, -0.05) is 39.0 Å². The first-order valence-corrected chi connectivity index (χ1v) is 5.85. The zero-order valence-corrected chi connectivity index (χ0v) is 10.7. The van der Waals surface area contributed by atoms with Gasteiger partial charge < -0.3 is 10.5 Å². The molecule has 0 amide bonds. The molecule has 0 saturated carbocycles. The number of hydrogen-bond donors (Lipinski definition) is 1. The Bertz CT molecular complexity index is 403. The van der Waals surface area contributed by atoms with Gasteiger partial charge in [0.2, 0.25) is 0 Å². The lowest BCUT2D eigenvalue weighted by Crippen LogP contribution is -2.42. The number of ether oxygens (including phenoxy) is 1. The fourth-order valence-corrected chi connectivity index (χ4v) is 1.97. The van der Waals surface area contributed by atoms with E-state index in [1.807, 2.05) is 20.8 Å². The summed E-state index contributed by atoms with van der Waals surface area (Å²) in [7, 11) is 0. The van der Waals surface area contributed by atoms with E-state index in [4.69, 9.17) is 5.73 Å². The summed E-state index contributed by atoms with van der Waals surface area (Å²) in [6.45, 7) is 5.62. The summed E-state index contributed by atoms with van der Waals surface area (Å²) in [4.78, 5) is 0. The number of alkyl halides is 3. The van der Waals surface area contributed by atoms with E-state index in [1.165, 1.54) is 12.1 Å². The molecule has 102 valence electrons. The highest BCUT2D eigenvalue weighted by atomic mass is 19.4. The summed E-state index contributed by atoms with van der Waals surface area (Å²) in [5, 5.41) is 0. The van der Waals surface area contributed by atoms with Gasteiger partial charge in [-0.3, -0.25) is 0 Å². The van der Waals surface area contributed by atoms with Gasteiger partial charge in [-0.2, -0.15) is 0 Å². The second kappa shape index (κ2) is 5.18. The van der Waals surface area contributed by atoms with Crippen molar-refractivity contribution in [3.63, 3.8) is 0 Å². The van der Waals surface area contributed by atoms with E-state index in [9.17, 15) is 13.2 Å². The Hall–Kier alpha value is -1.23. The molecular formula is C13H18F3NO. The van der Waals surface area contributed by atoms with Crippen LogP contribution in [0, 0.1) is 5.92 Å². The second-order valence-electron chi connectivity index (χ2n) is 4.59. The molecule has 0 aliphatic carbocycles. The molecule has 0 aliphatic heterocycles. The van der Waals surface area contributed by atoms with Crippen LogP contribution in [0.5, 0.6) is 5.75 Å². The number of hydrogen-bond acceptors (Lipinski definition) is 2. The number of nitrogens with two attached hydrogens (primary N) is 1. The molecule has 0 bridgehead atoms. The van der Waals surface area contributed by atoms with Crippen LogP contribution in [0.1, 0.15) is 32.8 Å². The number of para-hydroxylation sites is 1. The summed E-state index contributed by atoms with van der Waals surface area (Å²) >= 11 is 0. The predicted octanol–water partition coefficient (Wildman–Crippen LogP) is 3.81. The lowest BCUT2D eigenvalue weighted by atomic mass is 9.78. The summed E-state index contributed by atoms with van der Waals surface area (Å²) in [6, 6.07) is 6.05. The topological polar surface area (TPSA) is 35.2 Å². The molecule has 2 N–H and O–H groups in total. The average Bonchev–Trinajstić information content (AvgIpc) is 2.26. The third-order valence-corrected chi connectivity index (χ3v) is 3.23. The lowest BCUT2D eigenvalue weighted by Gasteiger charge is -2.34. The van der Waals surface area contributed by atoms with Gasteiger partial charge in [0.15, 0.2) is 0 Å². The van der Waals surface area contributed by atoms with Crippen LogP contribution in [0.25, 0.3) is 0 Å². The van der Waals surface area contributed by atoms with Crippen LogP contribution in [0.4, 0.5) is 13.2 Å². The fraction of sp³-hybridized carbons (Fsp3) is 0.538. The van der Waals surface area contributed by atoms with E-state index in [1.54, 1.807) is 12.1 Å². The molecule has 0 aliphatic rings. The van der Waals surface area contributed by atoms with Crippen molar-refractivity contribution in [2.24, 2.45) is 11.7 Å². The average molecular weight is 261 g/mol. The van der Waals surface area contributed by atoms with Crippen molar-refractivity contribution in [3.8, 4) is 5.75 Å². The molecule has 0 aromatic heterocycles. The van der Waals surface area contributed by atoms with Gasteiger partial charge in [0.1, 0.15) is 5.75 Å². The molecule has 0 heterocycles. The normalized spacial score (nSPS) is 15.6. The molecule has 0 saturated heterocycles. The Morgan fingerprint density at radius 3 is 2.22 bits per heavy atom. The number of benzene rings is 1. The highest BCUT2D eigenvalue weighted by Crippen LogP contribution is 2.38. The summed E-state index contributed by atoms with van der Waals surface area (Å²) in [5.74, 6) is -0.219. The molecule has 0 fully saturated rings. The molecule has 0 radical (unpaired) electrons. The SMILES string of the molecule is CCC(N)(c1ccccc1OC(F)(F)F)C(C)C. The van der Waals surface area contributed by atoms with Gasteiger partial charge in [0.05, 0.1) is 0 Å². The highest BCUT2D eigenvalue weighted by molar-refractivity contribution is 5.39. The van der Waals surface area contributed by atoms with Crippen LogP contribution in [0.15, 0.2) is 24.3 Å². The number of rotatable bonds is 4. The van der Waals surface area contributed by atoms with Gasteiger partial charge in [0, 0.05) is 11.1 Å². The standard InChI is InChI=1S/C13H18F3NO/c1-4-12(17,9(2)3)10-7-5-6-8-11(10)18-13(14,15)16/h5-9H,4,17H2,1-3H3. The van der Waals surface area contributed by atoms with Crippen molar-refractivity contribution in [2.45, 2.75) is 39.1 Å². The Morgan fingerprint density at radius 1 is 1.22 bits per heavy atom. The molecule has 1 atom stereocenters. The van der Waals surface area contributed by atoms with Gasteiger partial charge in [-0.05, 0) is 18.4 Å². The first-order valence-electron chi connectivity index (χ1n) is 5.85. The molecule has 5 heteroatoms. The minimum Gasteiger partial charge on any atom is -0.405 e. The van der Waals surface area contributed by atoms with Crippen molar-refractivity contribution < 1.29 is 17.9 Å². The van der Waals surface area contributed by atoms with Crippen molar-refractivity contribution in [1.29, 1.82) is 0 Å². The molecule has 1 rings (SSSR count). The predicted molar refractivity (Wildman–Crippen MR) is 64.1 cm³/mol. The quantitative estimate of drug-likeness (QED) is 0.894. The Kier molecular flexibility index (Phi) is 4.27. The van der Waals surface area contributed by atoms with Gasteiger partial charge in [0.25, 0.3) is 0 Å². The summed E-state index contributed by atoms with van der Waals surface area (Å²) in [5.41, 5.74) is 5.79. The molecule has 18 heavy (non-hydrogen) atoms. The van der Waals surface area contributed by atoms with E-state index in [0.29, 0.717) is 12.0 Å². The van der Waals surface area contributed by atoms with Crippen LogP contribution in [-0.2, 0) is 5.54 Å². The van der Waals surface area contributed by atoms with Crippen molar-refractivity contribution >= 4 is 0 Å². The largest absolute Gasteiger partial charge is 0.573 e. The third-order valence-electron chi connectivity index (χ3n) is 3.23. The minimum absolute atomic E-state index is 0.000448. The van der Waals surface area contributed by atoms with E-state index >= 15 is 0 Å². The van der Waals surface area contributed by atoms with Gasteiger partial charge in [-0.25, -0.2) is 0 Å². The van der Waals surface area contributed by atoms with E-state index in [2.05, 4.69) is 4.74 Å².